The van der Waals surface area contributed by atoms with E-state index in [4.69, 9.17) is 0 Å². The van der Waals surface area contributed by atoms with E-state index in [0.717, 1.165) is 11.1 Å². The summed E-state index contributed by atoms with van der Waals surface area (Å²) in [6.45, 7) is 0.572. The van der Waals surface area contributed by atoms with Crippen LogP contribution >= 0.6 is 25.3 Å². The van der Waals surface area contributed by atoms with Gasteiger partial charge in [0.2, 0.25) is 0 Å². The number of hydrogen-bond acceptors (Lipinski definition) is 6. The Hall–Kier alpha value is -1.92. The van der Waals surface area contributed by atoms with Crippen LogP contribution in [0.15, 0.2) is 60.7 Å². The van der Waals surface area contributed by atoms with Crippen LogP contribution in [-0.2, 0) is 9.47 Å². The highest BCUT2D eigenvalue weighted by Gasteiger charge is 2.06. The van der Waals surface area contributed by atoms with E-state index < -0.39 is 6.16 Å². The average Bonchev–Trinajstić information content (AvgIpc) is 2.66. The normalized spacial score (nSPS) is 9.42. The number of rotatable bonds is 6. The molecule has 0 amide bonds. The summed E-state index contributed by atoms with van der Waals surface area (Å²) >= 11 is 7.68. The van der Waals surface area contributed by atoms with Crippen molar-refractivity contribution in [2.75, 3.05) is 24.7 Å². The Morgan fingerprint density at radius 3 is 1.42 bits per heavy atom. The molecule has 128 valence electrons. The number of carbonyl (C=O) groups excluding carboxylic acids is 2. The van der Waals surface area contributed by atoms with Gasteiger partial charge in [-0.15, -0.1) is 0 Å². The highest BCUT2D eigenvalue weighted by molar-refractivity contribution is 7.80. The zero-order valence-electron chi connectivity index (χ0n) is 13.1. The van der Waals surface area contributed by atoms with Crippen LogP contribution in [0.1, 0.15) is 15.9 Å². The van der Waals surface area contributed by atoms with Crippen LogP contribution in [-0.4, -0.2) is 36.7 Å². The largest absolute Gasteiger partial charge is 0.508 e. The average molecular weight is 364 g/mol. The Balaban J connectivity index is 0.000000257. The van der Waals surface area contributed by atoms with E-state index in [-0.39, 0.29) is 19.0 Å². The Labute approximate surface area is 153 Å². The second-order valence-corrected chi connectivity index (χ2v) is 5.35. The predicted molar refractivity (Wildman–Crippen MR) is 101 cm³/mol. The molecular formula is C18H20O4S2. The lowest BCUT2D eigenvalue weighted by molar-refractivity contribution is 0.0646. The van der Waals surface area contributed by atoms with Gasteiger partial charge in [0.25, 0.3) is 0 Å². The molecule has 24 heavy (non-hydrogen) atoms. The zero-order valence-corrected chi connectivity index (χ0v) is 14.9. The summed E-state index contributed by atoms with van der Waals surface area (Å²) in [6, 6.07) is 18.6. The van der Waals surface area contributed by atoms with E-state index in [9.17, 15) is 9.59 Å². The maximum atomic E-state index is 11.8. The molecule has 6 heteroatoms. The number of thiol groups is 2. The fourth-order valence-corrected chi connectivity index (χ4v) is 1.83. The third-order valence-electron chi connectivity index (χ3n) is 2.69. The minimum Gasteiger partial charge on any atom is -0.433 e. The molecule has 0 N–H and O–H groups in total. The van der Waals surface area contributed by atoms with E-state index in [0.29, 0.717) is 11.5 Å². The van der Waals surface area contributed by atoms with Gasteiger partial charge in [-0.05, 0) is 0 Å². The van der Waals surface area contributed by atoms with Crippen molar-refractivity contribution in [2.45, 2.75) is 0 Å². The molecule has 0 heterocycles. The summed E-state index contributed by atoms with van der Waals surface area (Å²) in [5.74, 6) is 1.09. The molecule has 0 radical (unpaired) electrons. The first-order valence-electron chi connectivity index (χ1n) is 7.35. The molecule has 2 aromatic rings. The Kier molecular flexibility index (Phi) is 10.5. The van der Waals surface area contributed by atoms with Crippen LogP contribution in [0, 0.1) is 0 Å². The molecule has 0 atom stereocenters. The lowest BCUT2D eigenvalue weighted by Gasteiger charge is -2.01. The highest BCUT2D eigenvalue weighted by atomic mass is 32.1. The van der Waals surface area contributed by atoms with Gasteiger partial charge >= 0.3 is 6.16 Å². The van der Waals surface area contributed by atoms with Gasteiger partial charge in [-0.1, -0.05) is 60.7 Å². The second-order valence-electron chi connectivity index (χ2n) is 4.46. The smallest absolute Gasteiger partial charge is 0.433 e. The molecule has 0 aliphatic rings. The first-order chi connectivity index (χ1) is 11.7. The number of benzene rings is 2. The molecule has 4 nitrogen and oxygen atoms in total. The van der Waals surface area contributed by atoms with Crippen molar-refractivity contribution in [3.05, 3.63) is 71.8 Å². The molecule has 2 rings (SSSR count). The van der Waals surface area contributed by atoms with Gasteiger partial charge < -0.3 is 9.47 Å². The summed E-state index contributed by atoms with van der Waals surface area (Å²) in [7, 11) is 0. The summed E-state index contributed by atoms with van der Waals surface area (Å²) in [5, 5.41) is 0. The van der Waals surface area contributed by atoms with Gasteiger partial charge in [-0.3, -0.25) is 4.79 Å². The maximum absolute atomic E-state index is 11.8. The lowest BCUT2D eigenvalue weighted by Crippen LogP contribution is -2.10. The predicted octanol–water partition coefficient (Wildman–Crippen LogP) is 3.92. The van der Waals surface area contributed by atoms with E-state index in [1.54, 1.807) is 0 Å². The number of hydrogen-bond donors (Lipinski definition) is 2. The second kappa shape index (κ2) is 12.5. The van der Waals surface area contributed by atoms with Crippen molar-refractivity contribution in [1.29, 1.82) is 0 Å². The first-order valence-corrected chi connectivity index (χ1v) is 8.61. The fraction of sp³-hybridized carbons (Fsp3) is 0.222. The number of carbonyl (C=O) groups is 2. The van der Waals surface area contributed by atoms with Crippen molar-refractivity contribution in [3.8, 4) is 0 Å². The van der Waals surface area contributed by atoms with Gasteiger partial charge in [-0.25, -0.2) is 4.79 Å². The Morgan fingerprint density at radius 2 is 1.08 bits per heavy atom. The van der Waals surface area contributed by atoms with Crippen molar-refractivity contribution in [2.24, 2.45) is 0 Å². The summed E-state index contributed by atoms with van der Waals surface area (Å²) < 4.78 is 9.04. The van der Waals surface area contributed by atoms with E-state index >= 15 is 0 Å². The molecule has 0 bridgehead atoms. The summed E-state index contributed by atoms with van der Waals surface area (Å²) in [5.41, 5.74) is 1.47. The molecule has 0 aliphatic heterocycles. The monoisotopic (exact) mass is 364 g/mol. The van der Waals surface area contributed by atoms with Crippen molar-refractivity contribution >= 4 is 37.2 Å². The molecule has 0 aliphatic carbocycles. The Morgan fingerprint density at radius 1 is 0.708 bits per heavy atom. The van der Waals surface area contributed by atoms with Crippen LogP contribution in [0.3, 0.4) is 0 Å². The van der Waals surface area contributed by atoms with Gasteiger partial charge in [0, 0.05) is 22.6 Å². The van der Waals surface area contributed by atoms with Crippen molar-refractivity contribution in [1.82, 2.24) is 0 Å². The third-order valence-corrected chi connectivity index (χ3v) is 3.06. The maximum Gasteiger partial charge on any atom is 0.508 e. The molecule has 0 saturated carbocycles. The van der Waals surface area contributed by atoms with Gasteiger partial charge in [0.05, 0.1) is 0 Å². The van der Waals surface area contributed by atoms with Crippen LogP contribution in [0.4, 0.5) is 4.79 Å². The molecule has 0 aromatic heterocycles. The van der Waals surface area contributed by atoms with Gasteiger partial charge in [-0.2, -0.15) is 25.3 Å². The van der Waals surface area contributed by atoms with E-state index in [1.807, 2.05) is 60.7 Å². The molecule has 0 fully saturated rings. The number of ketones is 1. The summed E-state index contributed by atoms with van der Waals surface area (Å²) in [6.07, 6.45) is -0.650. The van der Waals surface area contributed by atoms with Crippen LogP contribution < -0.4 is 0 Å². The van der Waals surface area contributed by atoms with E-state index in [1.165, 1.54) is 0 Å². The topological polar surface area (TPSA) is 52.6 Å². The number of ether oxygens (including phenoxy) is 2. The minimum atomic E-state index is -0.650. The SMILES string of the molecule is O=C(OCCS)OCCS.O=C(c1ccccc1)c1ccccc1. The quantitative estimate of drug-likeness (QED) is 0.463. The van der Waals surface area contributed by atoms with Gasteiger partial charge in [0.15, 0.2) is 5.78 Å². The Bertz CT molecular complexity index is 551. The third kappa shape index (κ3) is 8.08. The van der Waals surface area contributed by atoms with Gasteiger partial charge in [0.1, 0.15) is 13.2 Å². The molecule has 0 unspecified atom stereocenters. The van der Waals surface area contributed by atoms with E-state index in [2.05, 4.69) is 34.7 Å². The van der Waals surface area contributed by atoms with Crippen molar-refractivity contribution in [3.63, 3.8) is 0 Å². The van der Waals surface area contributed by atoms with Crippen LogP contribution in [0.25, 0.3) is 0 Å². The summed E-state index contributed by atoms with van der Waals surface area (Å²) in [4.78, 5) is 22.3. The molecule has 0 saturated heterocycles. The lowest BCUT2D eigenvalue weighted by atomic mass is 10.0. The van der Waals surface area contributed by atoms with Crippen molar-refractivity contribution < 1.29 is 19.1 Å². The molecular weight excluding hydrogens is 344 g/mol. The molecule has 0 spiro atoms. The first kappa shape index (κ1) is 20.1. The minimum absolute atomic E-state index is 0.0752. The van der Waals surface area contributed by atoms with Crippen LogP contribution in [0.2, 0.25) is 0 Å². The standard InChI is InChI=1S/C13H10O.C5H10O3S2/c14-13(11-7-3-1-4-8-11)12-9-5-2-6-10-12;6-5(7-1-3-9)8-2-4-10/h1-10H;9-10H,1-4H2. The highest BCUT2D eigenvalue weighted by Crippen LogP contribution is 2.08. The fourth-order valence-electron chi connectivity index (χ4n) is 1.65. The molecule has 2 aromatic carbocycles. The zero-order chi connectivity index (χ0) is 17.6. The van der Waals surface area contributed by atoms with Crippen LogP contribution in [0.5, 0.6) is 0 Å².